The van der Waals surface area contributed by atoms with Crippen LogP contribution in [-0.4, -0.2) is 13.1 Å². The molecule has 0 aliphatic heterocycles. The lowest BCUT2D eigenvalue weighted by Crippen LogP contribution is -2.65. The highest BCUT2D eigenvalue weighted by molar-refractivity contribution is 6.98. The van der Waals surface area contributed by atoms with E-state index in [1.54, 1.807) is 0 Å². The Morgan fingerprint density at radius 1 is 0.955 bits per heavy atom. The van der Waals surface area contributed by atoms with Crippen molar-refractivity contribution >= 4 is 18.7 Å². The first-order valence-electron chi connectivity index (χ1n) is 8.28. The highest BCUT2D eigenvalue weighted by Crippen LogP contribution is 2.51. The Bertz CT molecular complexity index is 581. The molecule has 2 heteroatoms. The van der Waals surface area contributed by atoms with Crippen LogP contribution in [0.3, 0.4) is 0 Å². The summed E-state index contributed by atoms with van der Waals surface area (Å²) in [6.45, 7) is 6.86. The molecule has 1 aliphatic rings. The number of hydrogen-bond acceptors (Lipinski definition) is 1. The van der Waals surface area contributed by atoms with E-state index in [0.717, 1.165) is 28.6 Å². The molecule has 2 atom stereocenters. The van der Waals surface area contributed by atoms with Gasteiger partial charge in [0.1, 0.15) is 0 Å². The minimum absolute atomic E-state index is 0.0782. The SMILES string of the molecule is CC1CC1CC(C)(C)[Si](O)(c1ccccc1)c1ccccc1. The normalized spacial score (nSPS) is 21.6. The number of hydrogen-bond donors (Lipinski definition) is 1. The van der Waals surface area contributed by atoms with Gasteiger partial charge in [-0.15, -0.1) is 0 Å². The van der Waals surface area contributed by atoms with Gasteiger partial charge >= 0.3 is 0 Å². The molecule has 2 aromatic rings. The largest absolute Gasteiger partial charge is 0.424 e. The summed E-state index contributed by atoms with van der Waals surface area (Å²) in [5, 5.41) is 2.17. The Hall–Kier alpha value is -1.38. The molecule has 1 fully saturated rings. The molecule has 0 amide bonds. The van der Waals surface area contributed by atoms with Gasteiger partial charge in [0, 0.05) is 0 Å². The number of benzene rings is 2. The average molecular weight is 311 g/mol. The molecule has 0 spiro atoms. The van der Waals surface area contributed by atoms with Gasteiger partial charge in [-0.2, -0.15) is 0 Å². The smallest absolute Gasteiger partial charge is 0.258 e. The molecule has 0 radical (unpaired) electrons. The van der Waals surface area contributed by atoms with E-state index in [9.17, 15) is 4.80 Å². The Morgan fingerprint density at radius 2 is 1.36 bits per heavy atom. The summed E-state index contributed by atoms with van der Waals surface area (Å²) in [6.07, 6.45) is 2.43. The Balaban J connectivity index is 2.07. The van der Waals surface area contributed by atoms with Gasteiger partial charge in [0.25, 0.3) is 8.32 Å². The standard InChI is InChI=1S/C20H26OSi/c1-16-14-17(16)15-20(2,3)22(21,18-10-6-4-7-11-18)19-12-8-5-9-13-19/h4-13,16-17,21H,14-15H2,1-3H3. The van der Waals surface area contributed by atoms with Gasteiger partial charge < -0.3 is 4.80 Å². The molecule has 22 heavy (non-hydrogen) atoms. The van der Waals surface area contributed by atoms with Crippen molar-refractivity contribution in [2.24, 2.45) is 11.8 Å². The second-order valence-electron chi connectivity index (χ2n) is 7.50. The first-order chi connectivity index (χ1) is 10.4. The first kappa shape index (κ1) is 15.5. The van der Waals surface area contributed by atoms with Crippen molar-refractivity contribution in [3.05, 3.63) is 60.7 Å². The van der Waals surface area contributed by atoms with Crippen LogP contribution >= 0.6 is 0 Å². The molecule has 1 nitrogen and oxygen atoms in total. The zero-order valence-corrected chi connectivity index (χ0v) is 14.8. The van der Waals surface area contributed by atoms with Gasteiger partial charge in [-0.05, 0) is 40.1 Å². The maximum atomic E-state index is 12.0. The van der Waals surface area contributed by atoms with Crippen LogP contribution in [0.1, 0.15) is 33.6 Å². The van der Waals surface area contributed by atoms with Gasteiger partial charge in [0.15, 0.2) is 0 Å². The minimum atomic E-state index is -2.78. The highest BCUT2D eigenvalue weighted by Gasteiger charge is 2.52. The van der Waals surface area contributed by atoms with Crippen LogP contribution in [0.15, 0.2) is 60.7 Å². The fourth-order valence-corrected chi connectivity index (χ4v) is 7.60. The lowest BCUT2D eigenvalue weighted by molar-refractivity contribution is 0.442. The van der Waals surface area contributed by atoms with E-state index in [0.29, 0.717) is 0 Å². The molecule has 0 heterocycles. The topological polar surface area (TPSA) is 20.2 Å². The predicted molar refractivity (Wildman–Crippen MR) is 96.1 cm³/mol. The monoisotopic (exact) mass is 310 g/mol. The van der Waals surface area contributed by atoms with E-state index in [-0.39, 0.29) is 5.04 Å². The van der Waals surface area contributed by atoms with Crippen LogP contribution in [0.5, 0.6) is 0 Å². The van der Waals surface area contributed by atoms with Crippen molar-refractivity contribution < 1.29 is 4.80 Å². The summed E-state index contributed by atoms with van der Waals surface area (Å²) >= 11 is 0. The quantitative estimate of drug-likeness (QED) is 0.837. The summed E-state index contributed by atoms with van der Waals surface area (Å²) in [5.41, 5.74) is 0. The third kappa shape index (κ3) is 2.66. The predicted octanol–water partition coefficient (Wildman–Crippen LogP) is 3.56. The molecule has 2 aromatic carbocycles. The van der Waals surface area contributed by atoms with E-state index >= 15 is 0 Å². The Morgan fingerprint density at radius 3 is 1.73 bits per heavy atom. The van der Waals surface area contributed by atoms with Crippen molar-refractivity contribution in [1.82, 2.24) is 0 Å². The zero-order chi connectivity index (χ0) is 15.8. The minimum Gasteiger partial charge on any atom is -0.424 e. The van der Waals surface area contributed by atoms with Crippen LogP contribution in [-0.2, 0) is 0 Å². The fraction of sp³-hybridized carbons (Fsp3) is 0.400. The average Bonchev–Trinajstić information content (AvgIpc) is 3.22. The molecule has 0 saturated heterocycles. The van der Waals surface area contributed by atoms with E-state index in [4.69, 9.17) is 0 Å². The maximum absolute atomic E-state index is 12.0. The van der Waals surface area contributed by atoms with E-state index < -0.39 is 8.32 Å². The third-order valence-electron chi connectivity index (χ3n) is 5.41. The number of rotatable bonds is 5. The van der Waals surface area contributed by atoms with Crippen LogP contribution in [0.25, 0.3) is 0 Å². The molecule has 1 aliphatic carbocycles. The van der Waals surface area contributed by atoms with Gasteiger partial charge in [0.05, 0.1) is 0 Å². The molecule has 1 saturated carbocycles. The second kappa shape index (κ2) is 5.67. The molecular formula is C20H26OSi. The van der Waals surface area contributed by atoms with Gasteiger partial charge in [0.2, 0.25) is 0 Å². The van der Waals surface area contributed by atoms with Crippen LogP contribution < -0.4 is 10.4 Å². The molecule has 1 N–H and O–H groups in total. The summed E-state index contributed by atoms with van der Waals surface area (Å²) in [5.74, 6) is 1.60. The summed E-state index contributed by atoms with van der Waals surface area (Å²) < 4.78 is 0. The molecular weight excluding hydrogens is 284 g/mol. The van der Waals surface area contributed by atoms with Gasteiger partial charge in [-0.1, -0.05) is 81.4 Å². The summed E-state index contributed by atoms with van der Waals surface area (Å²) in [4.78, 5) is 12.0. The highest BCUT2D eigenvalue weighted by atomic mass is 28.4. The van der Waals surface area contributed by atoms with E-state index in [1.807, 2.05) is 36.4 Å². The lowest BCUT2D eigenvalue weighted by atomic mass is 10.0. The second-order valence-corrected chi connectivity index (χ2v) is 11.4. The molecule has 0 bridgehead atoms. The Kier molecular flexibility index (Phi) is 4.00. The maximum Gasteiger partial charge on any atom is 0.258 e. The van der Waals surface area contributed by atoms with Crippen LogP contribution in [0.2, 0.25) is 5.04 Å². The third-order valence-corrected chi connectivity index (χ3v) is 9.91. The van der Waals surface area contributed by atoms with Gasteiger partial charge in [-0.3, -0.25) is 0 Å². The van der Waals surface area contributed by atoms with Crippen molar-refractivity contribution in [2.45, 2.75) is 38.7 Å². The van der Waals surface area contributed by atoms with E-state index in [2.05, 4.69) is 45.0 Å². The first-order valence-corrected chi connectivity index (χ1v) is 10.2. The lowest BCUT2D eigenvalue weighted by Gasteiger charge is -2.41. The molecule has 116 valence electrons. The van der Waals surface area contributed by atoms with Gasteiger partial charge in [-0.25, -0.2) is 0 Å². The molecule has 0 aromatic heterocycles. The zero-order valence-electron chi connectivity index (χ0n) is 13.8. The fourth-order valence-electron chi connectivity index (χ4n) is 3.79. The molecule has 2 unspecified atom stereocenters. The summed E-state index contributed by atoms with van der Waals surface area (Å²) in [7, 11) is -2.78. The van der Waals surface area contributed by atoms with Crippen molar-refractivity contribution in [3.8, 4) is 0 Å². The van der Waals surface area contributed by atoms with Crippen molar-refractivity contribution in [3.63, 3.8) is 0 Å². The van der Waals surface area contributed by atoms with Crippen LogP contribution in [0, 0.1) is 11.8 Å². The van der Waals surface area contributed by atoms with Crippen molar-refractivity contribution in [2.75, 3.05) is 0 Å². The van der Waals surface area contributed by atoms with Crippen LogP contribution in [0.4, 0.5) is 0 Å². The molecule has 3 rings (SSSR count). The Labute approximate surface area is 135 Å². The van der Waals surface area contributed by atoms with E-state index in [1.165, 1.54) is 6.42 Å². The van der Waals surface area contributed by atoms with Crippen molar-refractivity contribution in [1.29, 1.82) is 0 Å². The summed E-state index contributed by atoms with van der Waals surface area (Å²) in [6, 6.07) is 20.7.